The van der Waals surface area contributed by atoms with Crippen molar-refractivity contribution in [1.82, 2.24) is 0 Å². The maximum atomic E-state index is 10.8. The predicted octanol–water partition coefficient (Wildman–Crippen LogP) is 0.165. The summed E-state index contributed by atoms with van der Waals surface area (Å²) in [5, 5.41) is 8.38. The van der Waals surface area contributed by atoms with Crippen molar-refractivity contribution in [2.24, 2.45) is 4.99 Å². The van der Waals surface area contributed by atoms with Crippen molar-refractivity contribution < 1.29 is 14.7 Å². The summed E-state index contributed by atoms with van der Waals surface area (Å²) in [6.07, 6.45) is 2.09. The minimum absolute atomic E-state index is 0.204. The molecule has 0 fully saturated rings. The lowest BCUT2D eigenvalue weighted by molar-refractivity contribution is -0.133. The molecule has 56 valence electrons. The highest BCUT2D eigenvalue weighted by Crippen LogP contribution is 2.06. The first-order valence-corrected chi connectivity index (χ1v) is 2.83. The van der Waals surface area contributed by atoms with Crippen LogP contribution in [0.15, 0.2) is 28.9 Å². The number of carboxylic acid groups (broad SMARTS) is 1. The van der Waals surface area contributed by atoms with Crippen molar-refractivity contribution in [3.63, 3.8) is 0 Å². The Kier molecular flexibility index (Phi) is 1.68. The monoisotopic (exact) mass is 151 g/mol. The lowest BCUT2D eigenvalue weighted by atomic mass is 10.1. The molecular weight excluding hydrogens is 146 g/mol. The Morgan fingerprint density at radius 3 is 2.73 bits per heavy atom. The van der Waals surface area contributed by atoms with Crippen LogP contribution in [-0.2, 0) is 9.59 Å². The van der Waals surface area contributed by atoms with Crippen LogP contribution >= 0.6 is 0 Å². The van der Waals surface area contributed by atoms with E-state index in [1.165, 1.54) is 0 Å². The fourth-order valence-corrected chi connectivity index (χ4v) is 0.582. The zero-order valence-corrected chi connectivity index (χ0v) is 5.57. The van der Waals surface area contributed by atoms with Gasteiger partial charge in [0.15, 0.2) is 11.5 Å². The Morgan fingerprint density at radius 2 is 2.27 bits per heavy atom. The molecule has 0 atom stereocenters. The summed E-state index contributed by atoms with van der Waals surface area (Å²) in [4.78, 5) is 24.5. The van der Waals surface area contributed by atoms with Gasteiger partial charge in [-0.1, -0.05) is 6.58 Å². The number of ketones is 1. The summed E-state index contributed by atoms with van der Waals surface area (Å²) >= 11 is 0. The van der Waals surface area contributed by atoms with Crippen molar-refractivity contribution in [3.8, 4) is 0 Å². The van der Waals surface area contributed by atoms with Gasteiger partial charge < -0.3 is 5.11 Å². The maximum absolute atomic E-state index is 10.8. The lowest BCUT2D eigenvalue weighted by Crippen LogP contribution is -2.09. The molecule has 0 aliphatic carbocycles. The molecule has 1 rings (SSSR count). The number of carbonyl (C=O) groups is 2. The van der Waals surface area contributed by atoms with Crippen molar-refractivity contribution in [2.75, 3.05) is 0 Å². The fraction of sp³-hybridized carbons (Fsp3) is 0. The highest BCUT2D eigenvalue weighted by atomic mass is 16.4. The van der Waals surface area contributed by atoms with Crippen molar-refractivity contribution in [2.45, 2.75) is 0 Å². The number of carboxylic acids is 1. The summed E-state index contributed by atoms with van der Waals surface area (Å²) in [6.45, 7) is 3.35. The number of aliphatic imine (C=N–C) groups is 1. The van der Waals surface area contributed by atoms with Gasteiger partial charge >= 0.3 is 5.97 Å². The van der Waals surface area contributed by atoms with E-state index in [1.807, 2.05) is 0 Å². The molecule has 1 aliphatic rings. The van der Waals surface area contributed by atoms with E-state index in [2.05, 4.69) is 11.6 Å². The summed E-state index contributed by atoms with van der Waals surface area (Å²) in [5.74, 6) is -1.61. The van der Waals surface area contributed by atoms with Crippen molar-refractivity contribution >= 4 is 18.0 Å². The van der Waals surface area contributed by atoms with Crippen LogP contribution in [0.25, 0.3) is 0 Å². The third kappa shape index (κ3) is 1.40. The number of rotatable bonds is 1. The Morgan fingerprint density at radius 1 is 1.64 bits per heavy atom. The quantitative estimate of drug-likeness (QED) is 0.543. The van der Waals surface area contributed by atoms with Gasteiger partial charge in [0.2, 0.25) is 0 Å². The van der Waals surface area contributed by atoms with Crippen LogP contribution in [0.1, 0.15) is 0 Å². The minimum Gasteiger partial charge on any atom is -0.477 e. The van der Waals surface area contributed by atoms with E-state index in [1.54, 1.807) is 0 Å². The second-order valence-electron chi connectivity index (χ2n) is 1.98. The molecule has 11 heavy (non-hydrogen) atoms. The Balaban J connectivity index is 2.98. The molecule has 0 bridgehead atoms. The smallest absolute Gasteiger partial charge is 0.354 e. The number of aliphatic carboxylic acids is 1. The molecule has 0 unspecified atom stereocenters. The van der Waals surface area contributed by atoms with Crippen LogP contribution in [0, 0.1) is 0 Å². The molecule has 1 heterocycles. The number of carbonyl (C=O) groups excluding carboxylic acids is 1. The third-order valence-corrected chi connectivity index (χ3v) is 1.16. The van der Waals surface area contributed by atoms with Crippen LogP contribution in [0.5, 0.6) is 0 Å². The second kappa shape index (κ2) is 2.49. The van der Waals surface area contributed by atoms with Crippen molar-refractivity contribution in [1.29, 1.82) is 0 Å². The lowest BCUT2D eigenvalue weighted by Gasteiger charge is -2.00. The molecule has 0 saturated carbocycles. The molecule has 4 nitrogen and oxygen atoms in total. The van der Waals surface area contributed by atoms with Gasteiger partial charge in [0, 0.05) is 17.9 Å². The van der Waals surface area contributed by atoms with Gasteiger partial charge in [-0.25, -0.2) is 9.79 Å². The molecule has 1 aliphatic heterocycles. The summed E-state index contributed by atoms with van der Waals surface area (Å²) in [7, 11) is 0. The van der Waals surface area contributed by atoms with E-state index >= 15 is 0 Å². The van der Waals surface area contributed by atoms with Gasteiger partial charge in [0.05, 0.1) is 0 Å². The average Bonchev–Trinajstić information content (AvgIpc) is 1.94. The maximum Gasteiger partial charge on any atom is 0.354 e. The van der Waals surface area contributed by atoms with Crippen LogP contribution < -0.4 is 0 Å². The van der Waals surface area contributed by atoms with Crippen LogP contribution in [0.2, 0.25) is 0 Å². The predicted molar refractivity (Wildman–Crippen MR) is 38.4 cm³/mol. The normalized spacial score (nSPS) is 16.5. The standard InChI is InChI=1S/C7H5NO3/c1-4-3-8-5(7(10)11)2-6(4)9/h2-3H,1H2,(H,10,11). The highest BCUT2D eigenvalue weighted by Gasteiger charge is 2.13. The van der Waals surface area contributed by atoms with E-state index in [0.717, 1.165) is 12.3 Å². The highest BCUT2D eigenvalue weighted by molar-refractivity contribution is 6.22. The Labute approximate surface area is 62.6 Å². The van der Waals surface area contributed by atoms with E-state index in [9.17, 15) is 9.59 Å². The molecule has 1 N–H and O–H groups in total. The third-order valence-electron chi connectivity index (χ3n) is 1.16. The first kappa shape index (κ1) is 7.40. The first-order valence-electron chi connectivity index (χ1n) is 2.83. The zero-order chi connectivity index (χ0) is 8.43. The number of hydrogen-bond donors (Lipinski definition) is 1. The van der Waals surface area contributed by atoms with Gasteiger partial charge in [-0.15, -0.1) is 0 Å². The van der Waals surface area contributed by atoms with E-state index in [0.29, 0.717) is 0 Å². The Hall–Kier alpha value is -1.71. The largest absolute Gasteiger partial charge is 0.477 e. The Bertz CT molecular complexity index is 299. The van der Waals surface area contributed by atoms with Gasteiger partial charge in [0.1, 0.15) is 0 Å². The molecular formula is C7H5NO3. The molecule has 0 aromatic heterocycles. The molecule has 4 heteroatoms. The van der Waals surface area contributed by atoms with Crippen molar-refractivity contribution in [3.05, 3.63) is 23.9 Å². The molecule has 0 spiro atoms. The summed E-state index contributed by atoms with van der Waals surface area (Å²) in [6, 6.07) is 0. The first-order chi connectivity index (χ1) is 5.11. The SMILES string of the molecule is C=C1C=NC(C(=O)O)=CC1=O. The number of allylic oxidation sites excluding steroid dienone is 2. The topological polar surface area (TPSA) is 66.7 Å². The van der Waals surface area contributed by atoms with Crippen LogP contribution in [0.4, 0.5) is 0 Å². The summed E-state index contributed by atoms with van der Waals surface area (Å²) < 4.78 is 0. The number of hydrogen-bond acceptors (Lipinski definition) is 3. The zero-order valence-electron chi connectivity index (χ0n) is 5.57. The molecule has 0 aromatic carbocycles. The second-order valence-corrected chi connectivity index (χ2v) is 1.98. The fourth-order valence-electron chi connectivity index (χ4n) is 0.582. The minimum atomic E-state index is -1.21. The van der Waals surface area contributed by atoms with Gasteiger partial charge in [-0.05, 0) is 0 Å². The van der Waals surface area contributed by atoms with E-state index < -0.39 is 11.8 Å². The van der Waals surface area contributed by atoms with Crippen LogP contribution in [-0.4, -0.2) is 23.1 Å². The van der Waals surface area contributed by atoms with E-state index in [-0.39, 0.29) is 11.3 Å². The summed E-state index contributed by atoms with van der Waals surface area (Å²) in [5.41, 5.74) is -0.0441. The molecule has 0 amide bonds. The van der Waals surface area contributed by atoms with Gasteiger partial charge in [0.25, 0.3) is 0 Å². The van der Waals surface area contributed by atoms with E-state index in [4.69, 9.17) is 5.11 Å². The number of nitrogens with zero attached hydrogens (tertiary/aromatic N) is 1. The molecule has 0 aromatic rings. The van der Waals surface area contributed by atoms with Gasteiger partial charge in [-0.2, -0.15) is 0 Å². The average molecular weight is 151 g/mol. The van der Waals surface area contributed by atoms with Crippen LogP contribution in [0.3, 0.4) is 0 Å². The van der Waals surface area contributed by atoms with Gasteiger partial charge in [-0.3, -0.25) is 4.79 Å². The molecule has 0 saturated heterocycles. The molecule has 0 radical (unpaired) electrons.